The SMILES string of the molecule is COc1ccc(N2C(=O)C[C@@H](NCCc3ccc(OC)c(OC)c3)C2=O)cc1. The number of benzene rings is 2. The molecule has 2 amide bonds. The Balaban J connectivity index is 1.59. The molecule has 7 heteroatoms. The number of anilines is 1. The second-order valence-electron chi connectivity index (χ2n) is 6.42. The molecule has 2 aromatic rings. The number of imide groups is 1. The molecular formula is C21H24N2O5. The molecule has 28 heavy (non-hydrogen) atoms. The van der Waals surface area contributed by atoms with Crippen LogP contribution < -0.4 is 24.4 Å². The summed E-state index contributed by atoms with van der Waals surface area (Å²) in [5.74, 6) is 1.57. The third kappa shape index (κ3) is 4.09. The summed E-state index contributed by atoms with van der Waals surface area (Å²) in [6.07, 6.45) is 0.845. The Morgan fingerprint density at radius 2 is 1.68 bits per heavy atom. The molecule has 1 heterocycles. The molecule has 1 atom stereocenters. The van der Waals surface area contributed by atoms with Crippen molar-refractivity contribution in [3.05, 3.63) is 48.0 Å². The molecule has 148 valence electrons. The number of ether oxygens (including phenoxy) is 3. The van der Waals surface area contributed by atoms with Gasteiger partial charge in [0.2, 0.25) is 5.91 Å². The zero-order valence-corrected chi connectivity index (χ0v) is 16.2. The molecule has 0 bridgehead atoms. The van der Waals surface area contributed by atoms with E-state index in [-0.39, 0.29) is 18.2 Å². The van der Waals surface area contributed by atoms with E-state index in [1.165, 1.54) is 4.90 Å². The van der Waals surface area contributed by atoms with Crippen molar-refractivity contribution in [2.75, 3.05) is 32.8 Å². The number of nitrogens with one attached hydrogen (secondary N) is 1. The summed E-state index contributed by atoms with van der Waals surface area (Å²) in [7, 11) is 4.76. The highest BCUT2D eigenvalue weighted by atomic mass is 16.5. The quantitative estimate of drug-likeness (QED) is 0.703. The Hall–Kier alpha value is -3.06. The average Bonchev–Trinajstić information content (AvgIpc) is 3.01. The Morgan fingerprint density at radius 1 is 0.964 bits per heavy atom. The second kappa shape index (κ2) is 8.75. The Morgan fingerprint density at radius 3 is 2.32 bits per heavy atom. The van der Waals surface area contributed by atoms with Crippen LogP contribution in [-0.4, -0.2) is 45.7 Å². The molecule has 1 fully saturated rings. The van der Waals surface area contributed by atoms with E-state index in [2.05, 4.69) is 5.32 Å². The number of hydrogen-bond donors (Lipinski definition) is 1. The third-order valence-corrected chi connectivity index (χ3v) is 4.73. The number of amides is 2. The first-order valence-electron chi connectivity index (χ1n) is 9.02. The van der Waals surface area contributed by atoms with Gasteiger partial charge in [-0.05, 0) is 54.9 Å². The first-order valence-corrected chi connectivity index (χ1v) is 9.02. The van der Waals surface area contributed by atoms with Gasteiger partial charge in [-0.3, -0.25) is 9.59 Å². The lowest BCUT2D eigenvalue weighted by Crippen LogP contribution is -2.39. The average molecular weight is 384 g/mol. The van der Waals surface area contributed by atoms with E-state index in [0.717, 1.165) is 5.56 Å². The van der Waals surface area contributed by atoms with E-state index in [1.54, 1.807) is 45.6 Å². The van der Waals surface area contributed by atoms with Crippen LogP contribution >= 0.6 is 0 Å². The first-order chi connectivity index (χ1) is 13.6. The van der Waals surface area contributed by atoms with Crippen molar-refractivity contribution >= 4 is 17.5 Å². The summed E-state index contributed by atoms with van der Waals surface area (Å²) < 4.78 is 15.7. The lowest BCUT2D eigenvalue weighted by atomic mass is 10.1. The van der Waals surface area contributed by atoms with Crippen molar-refractivity contribution in [1.82, 2.24) is 5.32 Å². The van der Waals surface area contributed by atoms with Crippen molar-refractivity contribution in [1.29, 1.82) is 0 Å². The maximum absolute atomic E-state index is 12.7. The van der Waals surface area contributed by atoms with Gasteiger partial charge in [0.25, 0.3) is 5.91 Å². The monoisotopic (exact) mass is 384 g/mol. The molecule has 7 nitrogen and oxygen atoms in total. The van der Waals surface area contributed by atoms with Gasteiger partial charge in [-0.25, -0.2) is 4.90 Å². The van der Waals surface area contributed by atoms with Crippen LogP contribution in [0.15, 0.2) is 42.5 Å². The highest BCUT2D eigenvalue weighted by Gasteiger charge is 2.39. The highest BCUT2D eigenvalue weighted by Crippen LogP contribution is 2.28. The van der Waals surface area contributed by atoms with Crippen LogP contribution in [0.4, 0.5) is 5.69 Å². The molecule has 2 aromatic carbocycles. The molecule has 1 N–H and O–H groups in total. The van der Waals surface area contributed by atoms with Gasteiger partial charge in [-0.2, -0.15) is 0 Å². The van der Waals surface area contributed by atoms with Gasteiger partial charge >= 0.3 is 0 Å². The van der Waals surface area contributed by atoms with Gasteiger partial charge in [-0.15, -0.1) is 0 Å². The van der Waals surface area contributed by atoms with E-state index in [4.69, 9.17) is 14.2 Å². The molecule has 3 rings (SSSR count). The zero-order valence-electron chi connectivity index (χ0n) is 16.2. The molecule has 0 spiro atoms. The van der Waals surface area contributed by atoms with Crippen LogP contribution in [-0.2, 0) is 16.0 Å². The summed E-state index contributed by atoms with van der Waals surface area (Å²) in [6, 6.07) is 12.1. The van der Waals surface area contributed by atoms with E-state index in [1.807, 2.05) is 18.2 Å². The normalized spacial score (nSPS) is 16.4. The van der Waals surface area contributed by atoms with Gasteiger partial charge < -0.3 is 19.5 Å². The fourth-order valence-corrected chi connectivity index (χ4v) is 3.22. The molecule has 0 unspecified atom stereocenters. The first kappa shape index (κ1) is 19.7. The molecule has 0 aromatic heterocycles. The topological polar surface area (TPSA) is 77.1 Å². The lowest BCUT2D eigenvalue weighted by Gasteiger charge is -2.16. The fourth-order valence-electron chi connectivity index (χ4n) is 3.22. The summed E-state index contributed by atoms with van der Waals surface area (Å²) in [5.41, 5.74) is 1.61. The summed E-state index contributed by atoms with van der Waals surface area (Å²) >= 11 is 0. The predicted octanol–water partition coefficient (Wildman–Crippen LogP) is 2.18. The molecule has 0 saturated carbocycles. The van der Waals surface area contributed by atoms with Crippen molar-refractivity contribution in [3.8, 4) is 17.2 Å². The third-order valence-electron chi connectivity index (χ3n) is 4.73. The number of nitrogens with zero attached hydrogens (tertiary/aromatic N) is 1. The van der Waals surface area contributed by atoms with Crippen molar-refractivity contribution in [2.45, 2.75) is 18.9 Å². The number of rotatable bonds is 8. The van der Waals surface area contributed by atoms with Gasteiger partial charge in [0.1, 0.15) is 5.75 Å². The Kier molecular flexibility index (Phi) is 6.16. The zero-order chi connectivity index (χ0) is 20.1. The molecule has 1 aliphatic heterocycles. The predicted molar refractivity (Wildman–Crippen MR) is 105 cm³/mol. The lowest BCUT2D eigenvalue weighted by molar-refractivity contribution is -0.121. The molecule has 1 saturated heterocycles. The fraction of sp³-hybridized carbons (Fsp3) is 0.333. The summed E-state index contributed by atoms with van der Waals surface area (Å²) in [6.45, 7) is 0.565. The van der Waals surface area contributed by atoms with Crippen LogP contribution in [0.2, 0.25) is 0 Å². The Bertz CT molecular complexity index is 850. The van der Waals surface area contributed by atoms with Gasteiger partial charge in [-0.1, -0.05) is 6.07 Å². The van der Waals surface area contributed by atoms with Crippen molar-refractivity contribution < 1.29 is 23.8 Å². The summed E-state index contributed by atoms with van der Waals surface area (Å²) in [4.78, 5) is 26.2. The van der Waals surface area contributed by atoms with Gasteiger partial charge in [0.05, 0.1) is 39.5 Å². The maximum Gasteiger partial charge on any atom is 0.251 e. The second-order valence-corrected chi connectivity index (χ2v) is 6.42. The number of carbonyl (C=O) groups is 2. The number of hydrogen-bond acceptors (Lipinski definition) is 6. The standard InChI is InChI=1S/C21H24N2O5/c1-26-16-7-5-15(6-8-16)23-20(24)13-17(21(23)25)22-11-10-14-4-9-18(27-2)19(12-14)28-3/h4-9,12,17,22H,10-11,13H2,1-3H3/t17-/m1/s1. The van der Waals surface area contributed by atoms with Crippen LogP contribution in [0.3, 0.4) is 0 Å². The smallest absolute Gasteiger partial charge is 0.251 e. The summed E-state index contributed by atoms with van der Waals surface area (Å²) in [5, 5.41) is 3.19. The van der Waals surface area contributed by atoms with E-state index >= 15 is 0 Å². The highest BCUT2D eigenvalue weighted by molar-refractivity contribution is 6.22. The van der Waals surface area contributed by atoms with Crippen LogP contribution in [0.5, 0.6) is 17.2 Å². The minimum absolute atomic E-state index is 0.150. The molecule has 0 radical (unpaired) electrons. The molecular weight excluding hydrogens is 360 g/mol. The van der Waals surface area contributed by atoms with E-state index in [0.29, 0.717) is 35.9 Å². The molecule has 1 aliphatic rings. The number of methoxy groups -OCH3 is 3. The largest absolute Gasteiger partial charge is 0.497 e. The van der Waals surface area contributed by atoms with E-state index < -0.39 is 6.04 Å². The molecule has 0 aliphatic carbocycles. The van der Waals surface area contributed by atoms with Gasteiger partial charge in [0.15, 0.2) is 11.5 Å². The maximum atomic E-state index is 12.7. The minimum Gasteiger partial charge on any atom is -0.497 e. The van der Waals surface area contributed by atoms with Crippen LogP contribution in [0.1, 0.15) is 12.0 Å². The van der Waals surface area contributed by atoms with Crippen molar-refractivity contribution in [2.24, 2.45) is 0 Å². The van der Waals surface area contributed by atoms with Crippen molar-refractivity contribution in [3.63, 3.8) is 0 Å². The van der Waals surface area contributed by atoms with Crippen LogP contribution in [0.25, 0.3) is 0 Å². The van der Waals surface area contributed by atoms with Crippen LogP contribution in [0, 0.1) is 0 Å². The van der Waals surface area contributed by atoms with Gasteiger partial charge in [0, 0.05) is 0 Å². The minimum atomic E-state index is -0.519. The van der Waals surface area contributed by atoms with E-state index in [9.17, 15) is 9.59 Å². The Labute approximate surface area is 164 Å². The number of carbonyl (C=O) groups excluding carboxylic acids is 2.